The summed E-state index contributed by atoms with van der Waals surface area (Å²) in [6.45, 7) is 6.07. The van der Waals surface area contributed by atoms with Gasteiger partial charge >= 0.3 is 5.97 Å². The van der Waals surface area contributed by atoms with Gasteiger partial charge in [0.2, 0.25) is 0 Å². The van der Waals surface area contributed by atoms with Gasteiger partial charge in [0.05, 0.1) is 6.42 Å². The normalized spacial score (nSPS) is 11.0. The molecule has 0 bridgehead atoms. The fourth-order valence-corrected chi connectivity index (χ4v) is 3.29. The Bertz CT molecular complexity index is 901. The van der Waals surface area contributed by atoms with Crippen LogP contribution >= 0.6 is 0 Å². The Morgan fingerprint density at radius 3 is 2.52 bits per heavy atom. The van der Waals surface area contributed by atoms with Crippen LogP contribution in [0.25, 0.3) is 10.9 Å². The summed E-state index contributed by atoms with van der Waals surface area (Å²) in [4.78, 5) is 14.2. The van der Waals surface area contributed by atoms with E-state index in [-0.39, 0.29) is 6.42 Å². The number of carboxylic acids is 1. The fourth-order valence-electron chi connectivity index (χ4n) is 3.29. The van der Waals surface area contributed by atoms with E-state index in [0.29, 0.717) is 0 Å². The maximum atomic E-state index is 10.9. The number of rotatable bonds is 6. The van der Waals surface area contributed by atoms with E-state index in [2.05, 4.69) is 24.2 Å². The second kappa shape index (κ2) is 7.01. The monoisotopic (exact) mass is 337 g/mol. The van der Waals surface area contributed by atoms with Gasteiger partial charge in [-0.1, -0.05) is 25.5 Å². The van der Waals surface area contributed by atoms with Gasteiger partial charge in [-0.3, -0.25) is 4.79 Å². The molecule has 0 atom stereocenters. The molecule has 0 spiro atoms. The third kappa shape index (κ3) is 3.68. The van der Waals surface area contributed by atoms with Gasteiger partial charge in [0.25, 0.3) is 0 Å². The molecule has 0 unspecified atom stereocenters. The second-order valence-electron chi connectivity index (χ2n) is 6.50. The van der Waals surface area contributed by atoms with Crippen molar-refractivity contribution in [2.24, 2.45) is 0 Å². The highest BCUT2D eigenvalue weighted by atomic mass is 16.5. The van der Waals surface area contributed by atoms with Gasteiger partial charge in [0.1, 0.15) is 11.5 Å². The predicted octanol–water partition coefficient (Wildman–Crippen LogP) is 5.16. The van der Waals surface area contributed by atoms with Crippen molar-refractivity contribution in [2.45, 2.75) is 40.0 Å². The van der Waals surface area contributed by atoms with Crippen molar-refractivity contribution in [1.29, 1.82) is 0 Å². The lowest BCUT2D eigenvalue weighted by Gasteiger charge is -2.14. The number of aromatic nitrogens is 1. The van der Waals surface area contributed by atoms with E-state index in [0.717, 1.165) is 46.5 Å². The van der Waals surface area contributed by atoms with E-state index in [1.165, 1.54) is 10.9 Å². The summed E-state index contributed by atoms with van der Waals surface area (Å²) in [5.41, 5.74) is 5.09. The summed E-state index contributed by atoms with van der Waals surface area (Å²) >= 11 is 0. The van der Waals surface area contributed by atoms with E-state index in [9.17, 15) is 4.79 Å². The molecule has 0 aliphatic rings. The predicted molar refractivity (Wildman–Crippen MR) is 99.6 cm³/mol. The molecule has 2 aromatic carbocycles. The lowest BCUT2D eigenvalue weighted by molar-refractivity contribution is -0.136. The first-order valence-corrected chi connectivity index (χ1v) is 8.57. The zero-order valence-electron chi connectivity index (χ0n) is 14.8. The number of ether oxygens (including phenoxy) is 1. The van der Waals surface area contributed by atoms with Gasteiger partial charge in [-0.15, -0.1) is 0 Å². The van der Waals surface area contributed by atoms with Crippen LogP contribution in [-0.4, -0.2) is 16.1 Å². The third-order valence-electron chi connectivity index (χ3n) is 4.35. The SMILES string of the molecule is CCCc1c[nH]c2ccc(Oc3c(C)cc(CC(=O)O)cc3C)cc12. The van der Waals surface area contributed by atoms with E-state index in [1.54, 1.807) is 0 Å². The molecule has 0 amide bonds. The Kier molecular flexibility index (Phi) is 4.79. The molecule has 0 saturated heterocycles. The Balaban J connectivity index is 1.92. The number of nitrogens with one attached hydrogen (secondary N) is 1. The van der Waals surface area contributed by atoms with E-state index >= 15 is 0 Å². The van der Waals surface area contributed by atoms with Crippen LogP contribution in [0.3, 0.4) is 0 Å². The van der Waals surface area contributed by atoms with Crippen molar-refractivity contribution >= 4 is 16.9 Å². The number of aliphatic carboxylic acids is 1. The van der Waals surface area contributed by atoms with Gasteiger partial charge < -0.3 is 14.8 Å². The van der Waals surface area contributed by atoms with Gasteiger partial charge in [-0.05, 0) is 60.7 Å². The minimum atomic E-state index is -0.825. The zero-order valence-corrected chi connectivity index (χ0v) is 14.8. The van der Waals surface area contributed by atoms with Crippen molar-refractivity contribution in [3.63, 3.8) is 0 Å². The maximum Gasteiger partial charge on any atom is 0.307 e. The minimum Gasteiger partial charge on any atom is -0.481 e. The summed E-state index contributed by atoms with van der Waals surface area (Å²) in [5, 5.41) is 10.2. The summed E-state index contributed by atoms with van der Waals surface area (Å²) < 4.78 is 6.15. The molecule has 0 fully saturated rings. The Morgan fingerprint density at radius 1 is 1.16 bits per heavy atom. The molecule has 0 aliphatic heterocycles. The molecular formula is C21H23NO3. The van der Waals surface area contributed by atoms with Crippen LogP contribution in [0.5, 0.6) is 11.5 Å². The van der Waals surface area contributed by atoms with Crippen molar-refractivity contribution in [1.82, 2.24) is 4.98 Å². The maximum absolute atomic E-state index is 10.9. The lowest BCUT2D eigenvalue weighted by atomic mass is 10.0. The first-order chi connectivity index (χ1) is 12.0. The van der Waals surface area contributed by atoms with Crippen molar-refractivity contribution in [3.8, 4) is 11.5 Å². The highest BCUT2D eigenvalue weighted by Gasteiger charge is 2.11. The highest BCUT2D eigenvalue weighted by molar-refractivity contribution is 5.84. The largest absolute Gasteiger partial charge is 0.481 e. The molecule has 4 nitrogen and oxygen atoms in total. The fraction of sp³-hybridized carbons (Fsp3) is 0.286. The van der Waals surface area contributed by atoms with Crippen LogP contribution < -0.4 is 4.74 Å². The van der Waals surface area contributed by atoms with Crippen LogP contribution in [0, 0.1) is 13.8 Å². The van der Waals surface area contributed by atoms with Crippen LogP contribution in [0.15, 0.2) is 36.5 Å². The van der Waals surface area contributed by atoms with E-state index in [4.69, 9.17) is 9.84 Å². The smallest absolute Gasteiger partial charge is 0.307 e. The molecule has 25 heavy (non-hydrogen) atoms. The van der Waals surface area contributed by atoms with Gasteiger partial charge in [0, 0.05) is 17.1 Å². The standard InChI is InChI=1S/C21H23NO3/c1-4-5-16-12-22-19-7-6-17(11-18(16)19)25-21-13(2)8-15(9-14(21)3)10-20(23)24/h6-9,11-12,22H,4-5,10H2,1-3H3,(H,23,24). The van der Waals surface area contributed by atoms with Gasteiger partial charge in [-0.2, -0.15) is 0 Å². The summed E-state index contributed by atoms with van der Waals surface area (Å²) in [6.07, 6.45) is 4.22. The second-order valence-corrected chi connectivity index (χ2v) is 6.50. The van der Waals surface area contributed by atoms with Crippen molar-refractivity contribution < 1.29 is 14.6 Å². The molecule has 3 aromatic rings. The first kappa shape index (κ1) is 17.1. The van der Waals surface area contributed by atoms with Crippen LogP contribution in [0.4, 0.5) is 0 Å². The molecular weight excluding hydrogens is 314 g/mol. The number of hydrogen-bond donors (Lipinski definition) is 2. The third-order valence-corrected chi connectivity index (χ3v) is 4.35. The lowest BCUT2D eigenvalue weighted by Crippen LogP contribution is -2.02. The van der Waals surface area contributed by atoms with Gasteiger partial charge in [-0.25, -0.2) is 0 Å². The molecule has 0 saturated carbocycles. The van der Waals surface area contributed by atoms with E-state index in [1.807, 2.05) is 38.1 Å². The average molecular weight is 337 g/mol. The number of carboxylic acid groups (broad SMARTS) is 1. The van der Waals surface area contributed by atoms with Crippen LogP contribution in [0.2, 0.25) is 0 Å². The highest BCUT2D eigenvalue weighted by Crippen LogP contribution is 2.32. The summed E-state index contributed by atoms with van der Waals surface area (Å²) in [5.74, 6) is 0.761. The molecule has 0 aliphatic carbocycles. The van der Waals surface area contributed by atoms with E-state index < -0.39 is 5.97 Å². The Hall–Kier alpha value is -2.75. The topological polar surface area (TPSA) is 62.3 Å². The number of aromatic amines is 1. The number of H-pyrrole nitrogens is 1. The number of fused-ring (bicyclic) bond motifs is 1. The first-order valence-electron chi connectivity index (χ1n) is 8.57. The molecule has 0 radical (unpaired) electrons. The van der Waals surface area contributed by atoms with Crippen LogP contribution in [0.1, 0.15) is 35.6 Å². The number of aryl methyl sites for hydroxylation is 3. The summed E-state index contributed by atoms with van der Waals surface area (Å²) in [7, 11) is 0. The number of benzene rings is 2. The quantitative estimate of drug-likeness (QED) is 0.653. The number of carbonyl (C=O) groups is 1. The summed E-state index contributed by atoms with van der Waals surface area (Å²) in [6, 6.07) is 9.83. The van der Waals surface area contributed by atoms with Gasteiger partial charge in [0.15, 0.2) is 0 Å². The Labute approximate surface area is 147 Å². The zero-order chi connectivity index (χ0) is 18.0. The average Bonchev–Trinajstić information content (AvgIpc) is 2.93. The van der Waals surface area contributed by atoms with Crippen molar-refractivity contribution in [3.05, 3.63) is 58.8 Å². The molecule has 1 heterocycles. The molecule has 4 heteroatoms. The molecule has 3 rings (SSSR count). The molecule has 130 valence electrons. The molecule has 1 aromatic heterocycles. The number of hydrogen-bond acceptors (Lipinski definition) is 2. The Morgan fingerprint density at radius 2 is 1.88 bits per heavy atom. The van der Waals surface area contributed by atoms with Crippen molar-refractivity contribution in [2.75, 3.05) is 0 Å². The molecule has 2 N–H and O–H groups in total. The minimum absolute atomic E-state index is 0.0254. The van der Waals surface area contributed by atoms with Crippen LogP contribution in [-0.2, 0) is 17.6 Å².